The number of hydrogen-bond acceptors (Lipinski definition) is 3. The zero-order chi connectivity index (χ0) is 20.5. The molecular weight excluding hydrogens is 376 g/mol. The molecule has 0 aliphatic heterocycles. The van der Waals surface area contributed by atoms with E-state index in [1.165, 1.54) is 0 Å². The number of carboxylic acids is 1. The Kier molecular flexibility index (Phi) is 4.45. The number of ether oxygens (including phenoxy) is 1. The number of furan rings is 1. The van der Waals surface area contributed by atoms with Gasteiger partial charge in [0.25, 0.3) is 0 Å². The summed E-state index contributed by atoms with van der Waals surface area (Å²) in [6, 6.07) is 27.1. The SMILES string of the molecule is O=C(O)/C(=C/c1ccc2oc3ccccc3c2c1)COc1cccc2ccccc12. The molecule has 0 saturated carbocycles. The summed E-state index contributed by atoms with van der Waals surface area (Å²) in [5.74, 6) is -0.344. The van der Waals surface area contributed by atoms with Crippen LogP contribution in [0.15, 0.2) is 94.9 Å². The van der Waals surface area contributed by atoms with E-state index in [9.17, 15) is 9.90 Å². The molecular formula is C26H18O4. The van der Waals surface area contributed by atoms with Crippen LogP contribution in [0.2, 0.25) is 0 Å². The van der Waals surface area contributed by atoms with Gasteiger partial charge in [0, 0.05) is 16.2 Å². The quantitative estimate of drug-likeness (QED) is 0.356. The van der Waals surface area contributed by atoms with Crippen LogP contribution in [0.3, 0.4) is 0 Å². The normalized spacial score (nSPS) is 11.9. The molecule has 0 atom stereocenters. The minimum atomic E-state index is -1.01. The van der Waals surface area contributed by atoms with Crippen molar-refractivity contribution >= 4 is 44.8 Å². The molecule has 0 spiro atoms. The van der Waals surface area contributed by atoms with Gasteiger partial charge in [0.15, 0.2) is 0 Å². The summed E-state index contributed by atoms with van der Waals surface area (Å²) in [6.45, 7) is -0.0342. The zero-order valence-corrected chi connectivity index (χ0v) is 16.0. The lowest BCUT2D eigenvalue weighted by molar-refractivity contribution is -0.132. The lowest BCUT2D eigenvalue weighted by atomic mass is 10.1. The molecule has 0 fully saturated rings. The summed E-state index contributed by atoms with van der Waals surface area (Å²) in [5.41, 5.74) is 2.55. The van der Waals surface area contributed by atoms with E-state index in [4.69, 9.17) is 9.15 Å². The van der Waals surface area contributed by atoms with Crippen LogP contribution < -0.4 is 4.74 Å². The molecule has 4 aromatic carbocycles. The third-order valence-corrected chi connectivity index (χ3v) is 5.15. The lowest BCUT2D eigenvalue weighted by Gasteiger charge is -2.10. The second kappa shape index (κ2) is 7.41. The molecule has 0 amide bonds. The Morgan fingerprint density at radius 1 is 0.833 bits per heavy atom. The van der Waals surface area contributed by atoms with E-state index < -0.39 is 5.97 Å². The average Bonchev–Trinajstić information content (AvgIpc) is 3.14. The first kappa shape index (κ1) is 18.0. The van der Waals surface area contributed by atoms with E-state index in [0.717, 1.165) is 38.3 Å². The fraction of sp³-hybridized carbons (Fsp3) is 0.0385. The summed E-state index contributed by atoms with van der Waals surface area (Å²) in [4.78, 5) is 11.8. The molecule has 0 bridgehead atoms. The van der Waals surface area contributed by atoms with Crippen LogP contribution in [0, 0.1) is 0 Å². The van der Waals surface area contributed by atoms with Crippen LogP contribution in [0.4, 0.5) is 0 Å². The monoisotopic (exact) mass is 394 g/mol. The fourth-order valence-electron chi connectivity index (χ4n) is 3.68. The molecule has 5 aromatic rings. The molecule has 4 heteroatoms. The Balaban J connectivity index is 1.48. The lowest BCUT2D eigenvalue weighted by Crippen LogP contribution is -2.10. The van der Waals surface area contributed by atoms with Crippen molar-refractivity contribution in [1.82, 2.24) is 0 Å². The van der Waals surface area contributed by atoms with Crippen LogP contribution in [0.1, 0.15) is 5.56 Å². The van der Waals surface area contributed by atoms with E-state index in [1.807, 2.05) is 84.9 Å². The predicted octanol–water partition coefficient (Wildman–Crippen LogP) is 6.29. The van der Waals surface area contributed by atoms with Gasteiger partial charge in [0.1, 0.15) is 23.5 Å². The van der Waals surface area contributed by atoms with Crippen LogP contribution in [0.25, 0.3) is 38.8 Å². The van der Waals surface area contributed by atoms with Gasteiger partial charge in [0.2, 0.25) is 0 Å². The van der Waals surface area contributed by atoms with Crippen molar-refractivity contribution in [3.63, 3.8) is 0 Å². The highest BCUT2D eigenvalue weighted by atomic mass is 16.5. The summed E-state index contributed by atoms with van der Waals surface area (Å²) in [6.07, 6.45) is 1.65. The maximum atomic E-state index is 11.8. The van der Waals surface area contributed by atoms with Gasteiger partial charge in [-0.1, -0.05) is 60.7 Å². The number of benzene rings is 4. The standard InChI is InChI=1S/C26H18O4/c27-26(28)19(16-29-23-11-5-7-18-6-1-2-8-20(18)23)14-17-12-13-25-22(15-17)21-9-3-4-10-24(21)30-25/h1-15H,16H2,(H,27,28)/b19-14+. The topological polar surface area (TPSA) is 59.7 Å². The summed E-state index contributed by atoms with van der Waals surface area (Å²) < 4.78 is 11.7. The Morgan fingerprint density at radius 3 is 2.43 bits per heavy atom. The number of carbonyl (C=O) groups is 1. The minimum Gasteiger partial charge on any atom is -0.488 e. The minimum absolute atomic E-state index is 0.0342. The van der Waals surface area contributed by atoms with E-state index >= 15 is 0 Å². The van der Waals surface area contributed by atoms with Crippen molar-refractivity contribution in [2.24, 2.45) is 0 Å². The Hall–Kier alpha value is -4.05. The van der Waals surface area contributed by atoms with Gasteiger partial charge >= 0.3 is 5.97 Å². The molecule has 0 radical (unpaired) electrons. The van der Waals surface area contributed by atoms with Crippen molar-refractivity contribution in [3.05, 3.63) is 96.1 Å². The smallest absolute Gasteiger partial charge is 0.335 e. The maximum absolute atomic E-state index is 11.8. The van der Waals surface area contributed by atoms with Crippen LogP contribution in [-0.2, 0) is 4.79 Å². The van der Waals surface area contributed by atoms with Gasteiger partial charge in [0.05, 0.1) is 5.57 Å². The van der Waals surface area contributed by atoms with Crippen LogP contribution >= 0.6 is 0 Å². The summed E-state index contributed by atoms with van der Waals surface area (Å²) in [5, 5.41) is 13.7. The molecule has 5 rings (SSSR count). The number of carboxylic acid groups (broad SMARTS) is 1. The van der Waals surface area contributed by atoms with Crippen molar-refractivity contribution in [2.75, 3.05) is 6.61 Å². The van der Waals surface area contributed by atoms with E-state index in [1.54, 1.807) is 6.08 Å². The first-order chi connectivity index (χ1) is 14.7. The Labute approximate surface area is 172 Å². The molecule has 0 aliphatic rings. The maximum Gasteiger partial charge on any atom is 0.335 e. The van der Waals surface area contributed by atoms with Crippen LogP contribution in [-0.4, -0.2) is 17.7 Å². The zero-order valence-electron chi connectivity index (χ0n) is 16.0. The van der Waals surface area contributed by atoms with Crippen molar-refractivity contribution < 1.29 is 19.1 Å². The van der Waals surface area contributed by atoms with Gasteiger partial charge in [-0.25, -0.2) is 4.79 Å². The number of aliphatic carboxylic acids is 1. The third kappa shape index (κ3) is 3.29. The Morgan fingerprint density at radius 2 is 1.57 bits per heavy atom. The number of hydrogen-bond donors (Lipinski definition) is 1. The van der Waals surface area contributed by atoms with E-state index in [-0.39, 0.29) is 12.2 Å². The number of rotatable bonds is 5. The molecule has 4 nitrogen and oxygen atoms in total. The van der Waals surface area contributed by atoms with Crippen molar-refractivity contribution in [1.29, 1.82) is 0 Å². The summed E-state index contributed by atoms with van der Waals surface area (Å²) in [7, 11) is 0. The molecule has 1 N–H and O–H groups in total. The largest absolute Gasteiger partial charge is 0.488 e. The molecule has 0 saturated heterocycles. The fourth-order valence-corrected chi connectivity index (χ4v) is 3.68. The number of fused-ring (bicyclic) bond motifs is 4. The van der Waals surface area contributed by atoms with Gasteiger partial charge in [-0.05, 0) is 41.3 Å². The second-order valence-electron chi connectivity index (χ2n) is 7.09. The molecule has 146 valence electrons. The van der Waals surface area contributed by atoms with Crippen molar-refractivity contribution in [2.45, 2.75) is 0 Å². The Bertz CT molecular complexity index is 1420. The third-order valence-electron chi connectivity index (χ3n) is 5.15. The van der Waals surface area contributed by atoms with Gasteiger partial charge < -0.3 is 14.3 Å². The molecule has 0 unspecified atom stereocenters. The van der Waals surface area contributed by atoms with Crippen LogP contribution in [0.5, 0.6) is 5.75 Å². The first-order valence-electron chi connectivity index (χ1n) is 9.65. The highest BCUT2D eigenvalue weighted by Crippen LogP contribution is 2.30. The van der Waals surface area contributed by atoms with Gasteiger partial charge in [-0.15, -0.1) is 0 Å². The van der Waals surface area contributed by atoms with Crippen molar-refractivity contribution in [3.8, 4) is 5.75 Å². The molecule has 1 aromatic heterocycles. The highest BCUT2D eigenvalue weighted by Gasteiger charge is 2.12. The van der Waals surface area contributed by atoms with E-state index in [2.05, 4.69) is 0 Å². The predicted molar refractivity (Wildman–Crippen MR) is 119 cm³/mol. The molecule has 0 aliphatic carbocycles. The first-order valence-corrected chi connectivity index (χ1v) is 9.65. The number of para-hydroxylation sites is 1. The van der Waals surface area contributed by atoms with E-state index in [0.29, 0.717) is 5.75 Å². The highest BCUT2D eigenvalue weighted by molar-refractivity contribution is 6.05. The average molecular weight is 394 g/mol. The molecule has 30 heavy (non-hydrogen) atoms. The van der Waals surface area contributed by atoms with Gasteiger partial charge in [-0.3, -0.25) is 0 Å². The second-order valence-corrected chi connectivity index (χ2v) is 7.09. The van der Waals surface area contributed by atoms with Gasteiger partial charge in [-0.2, -0.15) is 0 Å². The summed E-state index contributed by atoms with van der Waals surface area (Å²) >= 11 is 0. The molecule has 1 heterocycles.